The lowest BCUT2D eigenvalue weighted by atomic mass is 10.1. The highest BCUT2D eigenvalue weighted by molar-refractivity contribution is 7.10. The number of hydrogen-bond acceptors (Lipinski definition) is 10. The molecular weight excluding hydrogens is 479 g/mol. The Balaban J connectivity index is 0. The Morgan fingerprint density at radius 2 is 1.48 bits per heavy atom. The van der Waals surface area contributed by atoms with Crippen molar-refractivity contribution in [3.63, 3.8) is 0 Å². The van der Waals surface area contributed by atoms with Gasteiger partial charge in [-0.3, -0.25) is 9.59 Å². The van der Waals surface area contributed by atoms with Gasteiger partial charge in [0, 0.05) is 64.8 Å². The summed E-state index contributed by atoms with van der Waals surface area (Å²) < 4.78 is 8.44. The SMILES string of the molecule is C#CC.Cc1nsc(Cl)n1.Cc1nsc(N2CCC(=O)CC2)n1.Cl.O=C1CCNCC1.[2HH]. The standard InChI is InChI=1S/C8H11N3OS.C5H9NO.C3H3ClN2S.C3H4.ClH.H2/c1-6-9-8(13-10-6)11-4-2-7(12)3-5-11;7-5-1-3-6-4-2-5;1-2-5-3(4)7-6-2;1-3-2;;/h2-5H2,1H3;6H,1-4H2;1H3;1H,2H3;2*1H/i;;;;;1+1. The van der Waals surface area contributed by atoms with Gasteiger partial charge in [-0.15, -0.1) is 24.8 Å². The summed E-state index contributed by atoms with van der Waals surface area (Å²) in [7, 11) is 0. The molecule has 0 aliphatic carbocycles. The number of anilines is 1. The van der Waals surface area contributed by atoms with Gasteiger partial charge < -0.3 is 10.2 Å². The number of nitrogens with one attached hydrogen (secondary N) is 1. The van der Waals surface area contributed by atoms with Crippen LogP contribution in [0.1, 0.15) is 45.7 Å². The van der Waals surface area contributed by atoms with Gasteiger partial charge in [0.2, 0.25) is 9.60 Å². The van der Waals surface area contributed by atoms with E-state index in [1.54, 1.807) is 6.92 Å². The van der Waals surface area contributed by atoms with E-state index in [-0.39, 0.29) is 13.8 Å². The maximum atomic E-state index is 11.0. The fourth-order valence-corrected chi connectivity index (χ4v) is 3.71. The Hall–Kier alpha value is -1.64. The lowest BCUT2D eigenvalue weighted by Crippen LogP contribution is -2.33. The number of terminal acetylenes is 1. The molecule has 4 rings (SSSR count). The Morgan fingerprint density at radius 3 is 1.81 bits per heavy atom. The van der Waals surface area contributed by atoms with E-state index < -0.39 is 0 Å². The Labute approximate surface area is 204 Å². The van der Waals surface area contributed by atoms with Gasteiger partial charge in [0.25, 0.3) is 0 Å². The number of nitrogens with zero attached hydrogens (tertiary/aromatic N) is 5. The molecule has 2 saturated heterocycles. The highest BCUT2D eigenvalue weighted by Gasteiger charge is 2.18. The number of ketones is 2. The van der Waals surface area contributed by atoms with Crippen LogP contribution in [0.3, 0.4) is 0 Å². The van der Waals surface area contributed by atoms with Crippen LogP contribution in [0.25, 0.3) is 0 Å². The van der Waals surface area contributed by atoms with Crippen LogP contribution in [0.2, 0.25) is 4.47 Å². The maximum Gasteiger partial charge on any atom is 0.205 e. The van der Waals surface area contributed by atoms with Crippen LogP contribution in [0.15, 0.2) is 0 Å². The minimum atomic E-state index is 0. The van der Waals surface area contributed by atoms with E-state index in [0.29, 0.717) is 28.9 Å². The number of carbonyl (C=O) groups excluding carboxylic acids is 2. The molecule has 2 aromatic rings. The molecule has 0 unspecified atom stereocenters. The molecule has 12 heteroatoms. The number of Topliss-reactive ketones (excluding diaryl/α,β-unsaturated/α-hetero) is 2. The third kappa shape index (κ3) is 13.4. The topological polar surface area (TPSA) is 101 Å². The molecule has 0 bridgehead atoms. The summed E-state index contributed by atoms with van der Waals surface area (Å²) in [6.45, 7) is 8.72. The normalized spacial score (nSPS) is 15.0. The van der Waals surface area contributed by atoms with Crippen LogP contribution in [-0.2, 0) is 9.59 Å². The maximum absolute atomic E-state index is 11.0. The molecule has 2 fully saturated rings. The molecule has 0 saturated carbocycles. The van der Waals surface area contributed by atoms with Gasteiger partial charge in [-0.25, -0.2) is 9.97 Å². The van der Waals surface area contributed by atoms with Gasteiger partial charge >= 0.3 is 0 Å². The molecule has 0 amide bonds. The van der Waals surface area contributed by atoms with E-state index in [9.17, 15) is 9.59 Å². The van der Waals surface area contributed by atoms with Crippen LogP contribution in [0.5, 0.6) is 0 Å². The molecule has 2 aliphatic heterocycles. The Bertz CT molecular complexity index is 809. The summed E-state index contributed by atoms with van der Waals surface area (Å²) in [6, 6.07) is 0. The van der Waals surface area contributed by atoms with Crippen molar-refractivity contribution in [1.29, 1.82) is 0 Å². The van der Waals surface area contributed by atoms with E-state index in [0.717, 1.165) is 55.8 Å². The predicted octanol–water partition coefficient (Wildman–Crippen LogP) is 3.76. The van der Waals surface area contributed by atoms with Gasteiger partial charge in [0.1, 0.15) is 23.2 Å². The van der Waals surface area contributed by atoms with Crippen LogP contribution >= 0.6 is 47.1 Å². The van der Waals surface area contributed by atoms with E-state index in [2.05, 4.69) is 41.3 Å². The molecule has 0 spiro atoms. The monoisotopic (exact) mass is 509 g/mol. The number of rotatable bonds is 1. The first-order chi connectivity index (χ1) is 14.3. The van der Waals surface area contributed by atoms with Crippen molar-refractivity contribution in [3.05, 3.63) is 16.1 Å². The summed E-state index contributed by atoms with van der Waals surface area (Å²) in [5.41, 5.74) is 0. The minimum Gasteiger partial charge on any atom is -0.346 e. The number of piperidine rings is 2. The average Bonchev–Trinajstić information content (AvgIpc) is 3.32. The van der Waals surface area contributed by atoms with E-state index in [1.165, 1.54) is 23.1 Å². The van der Waals surface area contributed by atoms with Crippen LogP contribution in [-0.4, -0.2) is 56.5 Å². The molecule has 4 heterocycles. The van der Waals surface area contributed by atoms with Crippen LogP contribution < -0.4 is 10.2 Å². The zero-order valence-electron chi connectivity index (χ0n) is 17.9. The quantitative estimate of drug-likeness (QED) is 0.579. The highest BCUT2D eigenvalue weighted by atomic mass is 35.5. The highest BCUT2D eigenvalue weighted by Crippen LogP contribution is 2.20. The zero-order chi connectivity index (χ0) is 22.4. The third-order valence-electron chi connectivity index (χ3n) is 3.77. The molecule has 0 atom stereocenters. The smallest absolute Gasteiger partial charge is 0.205 e. The first-order valence-corrected chi connectivity index (χ1v) is 11.4. The number of aryl methyl sites for hydroxylation is 2. The molecule has 31 heavy (non-hydrogen) atoms. The van der Waals surface area contributed by atoms with Crippen molar-refractivity contribution >= 4 is 63.8 Å². The lowest BCUT2D eigenvalue weighted by Gasteiger charge is -2.24. The number of carbonyl (C=O) groups is 2. The third-order valence-corrected chi connectivity index (χ3v) is 5.53. The largest absolute Gasteiger partial charge is 0.346 e. The van der Waals surface area contributed by atoms with Crippen molar-refractivity contribution < 1.29 is 11.0 Å². The second-order valence-corrected chi connectivity index (χ2v) is 8.39. The van der Waals surface area contributed by atoms with Gasteiger partial charge in [-0.05, 0) is 43.9 Å². The summed E-state index contributed by atoms with van der Waals surface area (Å²) >= 11 is 8.02. The van der Waals surface area contributed by atoms with Gasteiger partial charge in [0.15, 0.2) is 0 Å². The molecule has 2 aromatic heterocycles. The van der Waals surface area contributed by atoms with Gasteiger partial charge in [-0.2, -0.15) is 8.75 Å². The molecular formula is C19H30Cl2N6O2S2. The summed E-state index contributed by atoms with van der Waals surface area (Å²) in [5.74, 6) is 4.57. The molecule has 8 nitrogen and oxygen atoms in total. The van der Waals surface area contributed by atoms with Crippen molar-refractivity contribution in [2.45, 2.75) is 46.5 Å². The van der Waals surface area contributed by atoms with E-state index >= 15 is 0 Å². The molecule has 1 N–H and O–H groups in total. The summed E-state index contributed by atoms with van der Waals surface area (Å²) in [5, 5.41) is 4.04. The van der Waals surface area contributed by atoms with Crippen LogP contribution in [0.4, 0.5) is 5.13 Å². The minimum absolute atomic E-state index is 0. The van der Waals surface area contributed by atoms with Crippen molar-refractivity contribution in [1.82, 2.24) is 24.0 Å². The fraction of sp³-hybridized carbons (Fsp3) is 0.579. The molecule has 0 aromatic carbocycles. The summed E-state index contributed by atoms with van der Waals surface area (Å²) in [4.78, 5) is 31.6. The number of hydrogen-bond donors (Lipinski definition) is 1. The van der Waals surface area contributed by atoms with Crippen molar-refractivity contribution in [2.75, 3.05) is 31.1 Å². The first-order valence-electron chi connectivity index (χ1n) is 9.48. The van der Waals surface area contributed by atoms with Crippen molar-refractivity contribution in [2.24, 2.45) is 0 Å². The predicted molar refractivity (Wildman–Crippen MR) is 132 cm³/mol. The van der Waals surface area contributed by atoms with E-state index in [1.807, 2.05) is 13.8 Å². The fourth-order valence-electron chi connectivity index (χ4n) is 2.34. The van der Waals surface area contributed by atoms with Crippen LogP contribution in [0, 0.1) is 26.2 Å². The Morgan fingerprint density at radius 1 is 1.00 bits per heavy atom. The summed E-state index contributed by atoms with van der Waals surface area (Å²) in [6.07, 6.45) is 7.37. The molecule has 174 valence electrons. The van der Waals surface area contributed by atoms with Gasteiger partial charge in [0.05, 0.1) is 0 Å². The number of aromatic nitrogens is 4. The zero-order valence-corrected chi connectivity index (χ0v) is 21.1. The van der Waals surface area contributed by atoms with Gasteiger partial charge in [-0.1, -0.05) is 0 Å². The molecule has 0 radical (unpaired) electrons. The van der Waals surface area contributed by atoms with Crippen molar-refractivity contribution in [3.8, 4) is 12.3 Å². The molecule has 2 aliphatic rings. The average molecular weight is 511 g/mol. The Kier molecular flexibility index (Phi) is 16.1. The number of halogens is 2. The first kappa shape index (κ1) is 29.4. The lowest BCUT2D eigenvalue weighted by molar-refractivity contribution is -0.120. The second-order valence-electron chi connectivity index (χ2n) is 6.32. The second kappa shape index (κ2) is 17.0. The van der Waals surface area contributed by atoms with E-state index in [4.69, 9.17) is 11.6 Å².